The molecule has 8 heteroatoms. The second-order valence-corrected chi connectivity index (χ2v) is 6.70. The van der Waals surface area contributed by atoms with E-state index in [2.05, 4.69) is 5.16 Å². The van der Waals surface area contributed by atoms with Gasteiger partial charge in [0.2, 0.25) is 12.0 Å². The van der Waals surface area contributed by atoms with Gasteiger partial charge >= 0.3 is 5.97 Å². The van der Waals surface area contributed by atoms with E-state index in [9.17, 15) is 14.4 Å². The SMILES string of the molecule is CCOC(=O)c1ccc(N2C(=O)[C@H]3C(c4ccc(Cl)cc4)=NO[C@@H]3C2=O)cc1. The maximum absolute atomic E-state index is 13.0. The molecular weight excluding hydrogens is 384 g/mol. The zero-order chi connectivity index (χ0) is 19.8. The maximum atomic E-state index is 13.0. The molecule has 0 aromatic heterocycles. The van der Waals surface area contributed by atoms with Crippen molar-refractivity contribution in [1.29, 1.82) is 0 Å². The molecule has 4 rings (SSSR count). The Hall–Kier alpha value is -3.19. The second-order valence-electron chi connectivity index (χ2n) is 6.27. The van der Waals surface area contributed by atoms with Crippen molar-refractivity contribution in [2.75, 3.05) is 11.5 Å². The number of ether oxygens (including phenoxy) is 1. The van der Waals surface area contributed by atoms with E-state index in [1.807, 2.05) is 0 Å². The van der Waals surface area contributed by atoms with E-state index >= 15 is 0 Å². The predicted molar refractivity (Wildman–Crippen MR) is 101 cm³/mol. The molecule has 0 spiro atoms. The molecule has 142 valence electrons. The average molecular weight is 399 g/mol. The number of hydrogen-bond acceptors (Lipinski definition) is 6. The summed E-state index contributed by atoms with van der Waals surface area (Å²) in [5.41, 5.74) is 1.75. The van der Waals surface area contributed by atoms with E-state index in [4.69, 9.17) is 21.2 Å². The second kappa shape index (κ2) is 7.09. The lowest BCUT2D eigenvalue weighted by atomic mass is 9.94. The van der Waals surface area contributed by atoms with Gasteiger partial charge in [-0.25, -0.2) is 9.69 Å². The minimum Gasteiger partial charge on any atom is -0.462 e. The molecule has 0 N–H and O–H groups in total. The van der Waals surface area contributed by atoms with Crippen LogP contribution in [0.15, 0.2) is 53.7 Å². The van der Waals surface area contributed by atoms with Crippen LogP contribution in [0.4, 0.5) is 5.69 Å². The molecule has 2 aliphatic rings. The first-order valence-electron chi connectivity index (χ1n) is 8.66. The van der Waals surface area contributed by atoms with Gasteiger partial charge in [0.25, 0.3) is 5.91 Å². The first-order chi connectivity index (χ1) is 13.5. The summed E-state index contributed by atoms with van der Waals surface area (Å²) in [6.07, 6.45) is -0.997. The first-order valence-corrected chi connectivity index (χ1v) is 9.03. The minimum absolute atomic E-state index is 0.261. The molecule has 2 heterocycles. The molecule has 2 aromatic rings. The summed E-state index contributed by atoms with van der Waals surface area (Å²) in [5, 5.41) is 4.50. The number of halogens is 1. The Morgan fingerprint density at radius 3 is 2.43 bits per heavy atom. The molecule has 0 bridgehead atoms. The van der Waals surface area contributed by atoms with Gasteiger partial charge in [-0.2, -0.15) is 0 Å². The highest BCUT2D eigenvalue weighted by molar-refractivity contribution is 6.33. The quantitative estimate of drug-likeness (QED) is 0.584. The lowest BCUT2D eigenvalue weighted by molar-refractivity contribution is -0.126. The number of carbonyl (C=O) groups excluding carboxylic acids is 3. The number of esters is 1. The number of fused-ring (bicyclic) bond motifs is 1. The summed E-state index contributed by atoms with van der Waals surface area (Å²) in [6, 6.07) is 12.9. The minimum atomic E-state index is -0.997. The van der Waals surface area contributed by atoms with E-state index in [1.165, 1.54) is 24.3 Å². The Balaban J connectivity index is 1.60. The molecule has 0 unspecified atom stereocenters. The Bertz CT molecular complexity index is 985. The Morgan fingerprint density at radius 1 is 1.11 bits per heavy atom. The van der Waals surface area contributed by atoms with Gasteiger partial charge < -0.3 is 9.57 Å². The van der Waals surface area contributed by atoms with Crippen molar-refractivity contribution in [3.8, 4) is 0 Å². The van der Waals surface area contributed by atoms with Gasteiger partial charge in [0, 0.05) is 10.6 Å². The number of carbonyl (C=O) groups is 3. The molecule has 7 nitrogen and oxygen atoms in total. The Labute approximate surface area is 165 Å². The monoisotopic (exact) mass is 398 g/mol. The van der Waals surface area contributed by atoms with Crippen LogP contribution in [0.5, 0.6) is 0 Å². The van der Waals surface area contributed by atoms with Crippen LogP contribution in [-0.2, 0) is 19.2 Å². The van der Waals surface area contributed by atoms with Crippen molar-refractivity contribution < 1.29 is 24.0 Å². The fourth-order valence-corrected chi connectivity index (χ4v) is 3.38. The molecular formula is C20H15ClN2O5. The van der Waals surface area contributed by atoms with Crippen LogP contribution in [0.25, 0.3) is 0 Å². The van der Waals surface area contributed by atoms with Gasteiger partial charge in [0.15, 0.2) is 0 Å². The smallest absolute Gasteiger partial charge is 0.338 e. The highest BCUT2D eigenvalue weighted by Crippen LogP contribution is 2.35. The first kappa shape index (κ1) is 18.2. The maximum Gasteiger partial charge on any atom is 0.338 e. The average Bonchev–Trinajstić information content (AvgIpc) is 3.23. The number of anilines is 1. The van der Waals surface area contributed by atoms with Gasteiger partial charge in [0.1, 0.15) is 11.6 Å². The molecule has 2 amide bonds. The van der Waals surface area contributed by atoms with Crippen molar-refractivity contribution in [2.24, 2.45) is 11.1 Å². The Kier molecular flexibility index (Phi) is 4.60. The van der Waals surface area contributed by atoms with Crippen LogP contribution < -0.4 is 4.90 Å². The highest BCUT2D eigenvalue weighted by atomic mass is 35.5. The normalized spacial score (nSPS) is 20.6. The van der Waals surface area contributed by atoms with Gasteiger partial charge in [-0.05, 0) is 43.3 Å². The molecule has 0 aliphatic carbocycles. The van der Waals surface area contributed by atoms with Gasteiger partial charge in [-0.3, -0.25) is 9.59 Å². The predicted octanol–water partition coefficient (Wildman–Crippen LogP) is 2.81. The van der Waals surface area contributed by atoms with Gasteiger partial charge in [0.05, 0.1) is 17.9 Å². The van der Waals surface area contributed by atoms with Crippen molar-refractivity contribution in [2.45, 2.75) is 13.0 Å². The Morgan fingerprint density at radius 2 is 1.79 bits per heavy atom. The third kappa shape index (κ3) is 2.93. The number of benzene rings is 2. The number of rotatable bonds is 4. The van der Waals surface area contributed by atoms with Crippen molar-refractivity contribution in [3.63, 3.8) is 0 Å². The molecule has 2 aliphatic heterocycles. The summed E-state index contributed by atoms with van der Waals surface area (Å²) < 4.78 is 4.94. The third-order valence-electron chi connectivity index (χ3n) is 4.59. The van der Waals surface area contributed by atoms with E-state index in [1.54, 1.807) is 31.2 Å². The third-order valence-corrected chi connectivity index (χ3v) is 4.84. The molecule has 2 aromatic carbocycles. The molecule has 28 heavy (non-hydrogen) atoms. The largest absolute Gasteiger partial charge is 0.462 e. The number of amides is 2. The highest BCUT2D eigenvalue weighted by Gasteiger charge is 2.56. The molecule has 1 saturated heterocycles. The summed E-state index contributed by atoms with van der Waals surface area (Å²) >= 11 is 5.91. The van der Waals surface area contributed by atoms with E-state index in [0.717, 1.165) is 4.90 Å². The van der Waals surface area contributed by atoms with Crippen LogP contribution >= 0.6 is 11.6 Å². The van der Waals surface area contributed by atoms with Gasteiger partial charge in [-0.15, -0.1) is 0 Å². The van der Waals surface area contributed by atoms with Crippen molar-refractivity contribution >= 4 is 40.8 Å². The zero-order valence-electron chi connectivity index (χ0n) is 14.8. The summed E-state index contributed by atoms with van der Waals surface area (Å²) in [4.78, 5) is 43.9. The number of oxime groups is 1. The zero-order valence-corrected chi connectivity index (χ0v) is 15.6. The van der Waals surface area contributed by atoms with E-state index in [0.29, 0.717) is 27.5 Å². The van der Waals surface area contributed by atoms with E-state index in [-0.39, 0.29) is 6.61 Å². The summed E-state index contributed by atoms with van der Waals surface area (Å²) in [5.74, 6) is -2.21. The van der Waals surface area contributed by atoms with Crippen LogP contribution in [-0.4, -0.2) is 36.2 Å². The van der Waals surface area contributed by atoms with Crippen LogP contribution in [0, 0.1) is 5.92 Å². The molecule has 0 radical (unpaired) electrons. The van der Waals surface area contributed by atoms with Crippen LogP contribution in [0.3, 0.4) is 0 Å². The van der Waals surface area contributed by atoms with Crippen molar-refractivity contribution in [3.05, 3.63) is 64.7 Å². The number of hydrogen-bond donors (Lipinski definition) is 0. The van der Waals surface area contributed by atoms with Gasteiger partial charge in [-0.1, -0.05) is 28.9 Å². The van der Waals surface area contributed by atoms with Crippen LogP contribution in [0.1, 0.15) is 22.8 Å². The van der Waals surface area contributed by atoms with Crippen molar-refractivity contribution in [1.82, 2.24) is 0 Å². The molecule has 0 saturated carbocycles. The lowest BCUT2D eigenvalue weighted by Gasteiger charge is -2.15. The standard InChI is InChI=1S/C20H15ClN2O5/c1-2-27-20(26)12-5-9-14(10-6-12)23-18(24)15-16(22-28-17(15)19(23)25)11-3-7-13(21)8-4-11/h3-10,15,17H,2H2,1H3/t15-,17-/m0/s1. The molecule has 1 fully saturated rings. The van der Waals surface area contributed by atoms with Crippen LogP contribution in [0.2, 0.25) is 5.02 Å². The topological polar surface area (TPSA) is 85.3 Å². The summed E-state index contributed by atoms with van der Waals surface area (Å²) in [7, 11) is 0. The lowest BCUT2D eigenvalue weighted by Crippen LogP contribution is -2.33. The number of imide groups is 1. The fourth-order valence-electron chi connectivity index (χ4n) is 3.25. The molecule has 2 atom stereocenters. The van der Waals surface area contributed by atoms with E-state index < -0.39 is 29.8 Å². The fraction of sp³-hybridized carbons (Fsp3) is 0.200. The summed E-state index contributed by atoms with van der Waals surface area (Å²) in [6.45, 7) is 1.98. The number of nitrogens with zero attached hydrogens (tertiary/aromatic N) is 2.